The first-order valence-corrected chi connectivity index (χ1v) is 10.2. The van der Waals surface area contributed by atoms with Crippen molar-refractivity contribution in [3.8, 4) is 28.3 Å². The molecule has 3 heterocycles. The number of nitrogens with two attached hydrogens (primary N) is 1. The van der Waals surface area contributed by atoms with Gasteiger partial charge >= 0.3 is 0 Å². The number of aryl methyl sites for hydroxylation is 2. The van der Waals surface area contributed by atoms with Gasteiger partial charge < -0.3 is 15.0 Å². The van der Waals surface area contributed by atoms with Gasteiger partial charge in [0.25, 0.3) is 12.0 Å². The number of hydrogen-bond acceptors (Lipinski definition) is 6. The van der Waals surface area contributed by atoms with Gasteiger partial charge in [0, 0.05) is 30.6 Å². The maximum atomic E-state index is 13.5. The average Bonchev–Trinajstić information content (AvgIpc) is 2.79. The molecule has 0 unspecified atom stereocenters. The van der Waals surface area contributed by atoms with E-state index in [2.05, 4.69) is 15.0 Å². The van der Waals surface area contributed by atoms with E-state index >= 15 is 0 Å². The highest BCUT2D eigenvalue weighted by Crippen LogP contribution is 2.39. The molecule has 4 aromatic rings. The molecule has 0 aliphatic heterocycles. The summed E-state index contributed by atoms with van der Waals surface area (Å²) >= 11 is 0. The number of nitrogens with zero attached hydrogens (tertiary/aromatic N) is 4. The van der Waals surface area contributed by atoms with Gasteiger partial charge in [-0.05, 0) is 60.5 Å². The lowest BCUT2D eigenvalue weighted by Crippen LogP contribution is -2.16. The molecular weight excluding hydrogens is 447 g/mol. The molecule has 3 aromatic heterocycles. The zero-order valence-electron chi connectivity index (χ0n) is 18.3. The lowest BCUT2D eigenvalue weighted by molar-refractivity contribution is 0.146. The van der Waals surface area contributed by atoms with Crippen molar-refractivity contribution in [1.29, 1.82) is 0 Å². The fourth-order valence-corrected chi connectivity index (χ4v) is 3.42. The Kier molecular flexibility index (Phi) is 6.31. The normalized spacial score (nSPS) is 11.1. The number of halogens is 3. The number of anilines is 1. The average molecular weight is 467 g/mol. The van der Waals surface area contributed by atoms with Gasteiger partial charge in [0.05, 0.1) is 11.3 Å². The zero-order valence-corrected chi connectivity index (χ0v) is 18.3. The summed E-state index contributed by atoms with van der Waals surface area (Å²) < 4.78 is 47.9. The third-order valence-corrected chi connectivity index (χ3v) is 5.04. The molecule has 0 aliphatic carbocycles. The Morgan fingerprint density at radius 1 is 1.03 bits per heavy atom. The van der Waals surface area contributed by atoms with E-state index in [4.69, 9.17) is 10.5 Å². The van der Waals surface area contributed by atoms with Gasteiger partial charge in [0.2, 0.25) is 11.8 Å². The van der Waals surface area contributed by atoms with Crippen LogP contribution in [0.2, 0.25) is 0 Å². The maximum absolute atomic E-state index is 13.5. The Bertz CT molecular complexity index is 1410. The number of rotatable bonds is 6. The molecule has 174 valence electrons. The van der Waals surface area contributed by atoms with E-state index in [1.165, 1.54) is 41.0 Å². The zero-order chi connectivity index (χ0) is 24.4. The number of alkyl halides is 2. The molecule has 1 aromatic carbocycles. The molecule has 0 bridgehead atoms. The van der Waals surface area contributed by atoms with Gasteiger partial charge in [-0.3, -0.25) is 9.78 Å². The monoisotopic (exact) mass is 467 g/mol. The van der Waals surface area contributed by atoms with Crippen LogP contribution in [0.15, 0.2) is 59.5 Å². The topological polar surface area (TPSA) is 95.9 Å². The van der Waals surface area contributed by atoms with Crippen LogP contribution in [0.4, 0.5) is 19.1 Å². The Morgan fingerprint density at radius 2 is 1.76 bits per heavy atom. The van der Waals surface area contributed by atoms with E-state index in [0.29, 0.717) is 22.4 Å². The molecule has 0 saturated carbocycles. The Hall–Kier alpha value is -4.21. The van der Waals surface area contributed by atoms with Crippen molar-refractivity contribution in [2.45, 2.75) is 20.0 Å². The lowest BCUT2D eigenvalue weighted by Gasteiger charge is -2.16. The fourth-order valence-electron chi connectivity index (χ4n) is 3.42. The van der Waals surface area contributed by atoms with Crippen molar-refractivity contribution in [2.75, 3.05) is 5.73 Å². The van der Waals surface area contributed by atoms with Crippen LogP contribution in [0.25, 0.3) is 22.4 Å². The minimum atomic E-state index is -2.80. The number of ether oxygens (including phenoxy) is 1. The van der Waals surface area contributed by atoms with E-state index in [0.717, 1.165) is 0 Å². The van der Waals surface area contributed by atoms with Crippen LogP contribution < -0.4 is 16.0 Å². The predicted molar refractivity (Wildman–Crippen MR) is 121 cm³/mol. The molecule has 2 N–H and O–H groups in total. The minimum Gasteiger partial charge on any atom is -0.472 e. The second-order valence-electron chi connectivity index (χ2n) is 7.61. The number of nitrogen functional groups attached to an aromatic ring is 1. The Labute approximate surface area is 192 Å². The molecule has 7 nitrogen and oxygen atoms in total. The van der Waals surface area contributed by atoms with Gasteiger partial charge in [-0.15, -0.1) is 0 Å². The van der Waals surface area contributed by atoms with Crippen molar-refractivity contribution < 1.29 is 17.9 Å². The van der Waals surface area contributed by atoms with E-state index in [1.807, 2.05) is 0 Å². The summed E-state index contributed by atoms with van der Waals surface area (Å²) in [5.74, 6) is -0.547. The van der Waals surface area contributed by atoms with Gasteiger partial charge in [0.15, 0.2) is 0 Å². The van der Waals surface area contributed by atoms with Gasteiger partial charge in [-0.2, -0.15) is 4.98 Å². The second-order valence-corrected chi connectivity index (χ2v) is 7.61. The van der Waals surface area contributed by atoms with Crippen LogP contribution in [0, 0.1) is 12.7 Å². The first-order chi connectivity index (χ1) is 16.2. The summed E-state index contributed by atoms with van der Waals surface area (Å²) in [5.41, 5.74) is 7.60. The highest BCUT2D eigenvalue weighted by atomic mass is 19.3. The van der Waals surface area contributed by atoms with Crippen LogP contribution in [0.5, 0.6) is 5.88 Å². The molecule has 0 aliphatic rings. The first-order valence-electron chi connectivity index (χ1n) is 10.2. The maximum Gasteiger partial charge on any atom is 0.280 e. The number of hydrogen-bond donors (Lipinski definition) is 1. The van der Waals surface area contributed by atoms with E-state index in [1.54, 1.807) is 32.3 Å². The summed E-state index contributed by atoms with van der Waals surface area (Å²) in [5, 5.41) is 0. The fraction of sp³-hybridized carbons (Fsp3) is 0.167. The highest BCUT2D eigenvalue weighted by Gasteiger charge is 2.21. The Morgan fingerprint density at radius 3 is 2.44 bits per heavy atom. The molecule has 4 rings (SSSR count). The Balaban J connectivity index is 1.89. The largest absolute Gasteiger partial charge is 0.472 e. The molecular formula is C24H20F3N5O2. The summed E-state index contributed by atoms with van der Waals surface area (Å²) in [6, 6.07) is 11.4. The van der Waals surface area contributed by atoms with E-state index in [-0.39, 0.29) is 35.3 Å². The van der Waals surface area contributed by atoms with Crippen molar-refractivity contribution in [1.82, 2.24) is 19.5 Å². The summed E-state index contributed by atoms with van der Waals surface area (Å²) in [7, 11) is 1.62. The third kappa shape index (κ3) is 4.90. The number of benzene rings is 1. The molecule has 10 heteroatoms. The first kappa shape index (κ1) is 23.0. The smallest absolute Gasteiger partial charge is 0.280 e. The van der Waals surface area contributed by atoms with Gasteiger partial charge in [-0.25, -0.2) is 18.2 Å². The summed E-state index contributed by atoms with van der Waals surface area (Å²) in [6.45, 7) is 1.56. The molecule has 0 amide bonds. The number of pyridine rings is 2. The SMILES string of the molecule is Cc1cc(-c2c(OCc3ccn(C)c(=O)c3)nc(N)nc2-c2ccc(F)cc2)cc(C(F)F)n1. The summed E-state index contributed by atoms with van der Waals surface area (Å²) in [4.78, 5) is 24.3. The predicted octanol–water partition coefficient (Wildman–Crippen LogP) is 4.45. The van der Waals surface area contributed by atoms with Crippen molar-refractivity contribution in [3.05, 3.63) is 87.9 Å². The van der Waals surface area contributed by atoms with Gasteiger partial charge in [-0.1, -0.05) is 0 Å². The van der Waals surface area contributed by atoms with Crippen molar-refractivity contribution >= 4 is 5.95 Å². The summed E-state index contributed by atoms with van der Waals surface area (Å²) in [6.07, 6.45) is -1.20. The third-order valence-electron chi connectivity index (χ3n) is 5.04. The number of aromatic nitrogens is 4. The van der Waals surface area contributed by atoms with Gasteiger partial charge in [0.1, 0.15) is 18.1 Å². The molecule has 0 fully saturated rings. The van der Waals surface area contributed by atoms with Crippen molar-refractivity contribution in [2.24, 2.45) is 7.05 Å². The molecule has 0 atom stereocenters. The molecule has 0 spiro atoms. The molecule has 0 radical (unpaired) electrons. The quantitative estimate of drug-likeness (QED) is 0.450. The van der Waals surface area contributed by atoms with E-state index < -0.39 is 17.9 Å². The van der Waals surface area contributed by atoms with Crippen LogP contribution in [-0.2, 0) is 13.7 Å². The van der Waals surface area contributed by atoms with Crippen LogP contribution in [0.1, 0.15) is 23.4 Å². The highest BCUT2D eigenvalue weighted by molar-refractivity contribution is 5.85. The molecule has 34 heavy (non-hydrogen) atoms. The second kappa shape index (κ2) is 9.34. The minimum absolute atomic E-state index is 0.0262. The van der Waals surface area contributed by atoms with Crippen LogP contribution in [0.3, 0.4) is 0 Å². The standard InChI is InChI=1S/C24H20F3N5O2/c1-13-9-16(11-18(29-13)22(26)27)20-21(15-3-5-17(25)6-4-15)30-24(28)31-23(20)34-12-14-7-8-32(2)19(33)10-14/h3-11,22H,12H2,1-2H3,(H2,28,30,31). The molecule has 0 saturated heterocycles. The lowest BCUT2D eigenvalue weighted by atomic mass is 9.99. The van der Waals surface area contributed by atoms with Crippen LogP contribution >= 0.6 is 0 Å². The van der Waals surface area contributed by atoms with Crippen molar-refractivity contribution in [3.63, 3.8) is 0 Å². The van der Waals surface area contributed by atoms with Crippen LogP contribution in [-0.4, -0.2) is 19.5 Å². The van der Waals surface area contributed by atoms with E-state index in [9.17, 15) is 18.0 Å².